The second kappa shape index (κ2) is 7.63. The van der Waals surface area contributed by atoms with Gasteiger partial charge in [0.1, 0.15) is 11.7 Å². The molecule has 0 spiro atoms. The van der Waals surface area contributed by atoms with Gasteiger partial charge in [0.15, 0.2) is 16.6 Å². The number of phenols is 1. The largest absolute Gasteiger partial charge is 0.504 e. The topological polar surface area (TPSA) is 82.6 Å². The summed E-state index contributed by atoms with van der Waals surface area (Å²) in [6.45, 7) is 3.89. The standard InChI is InChI=1S/C19H18FN3O3S/c1-10-16(18(25)22-13-6-4-3-5-12(13)20)17(23-19(27)21-10)11-7-8-14(24)15(9-11)26-2/h3-9,16-17,24H,1H2,2H3,(H,22,25)(H2,21,23,27)/t16-,17+/m1/s1. The van der Waals surface area contributed by atoms with Gasteiger partial charge in [0.25, 0.3) is 0 Å². The molecule has 1 saturated heterocycles. The maximum absolute atomic E-state index is 13.9. The Bertz CT molecular complexity index is 919. The fourth-order valence-corrected chi connectivity index (χ4v) is 3.19. The summed E-state index contributed by atoms with van der Waals surface area (Å²) in [6.07, 6.45) is 0. The molecule has 1 heterocycles. The zero-order chi connectivity index (χ0) is 19.6. The normalized spacial score (nSPS) is 19.0. The van der Waals surface area contributed by atoms with Crippen molar-refractivity contribution in [2.45, 2.75) is 6.04 Å². The maximum atomic E-state index is 13.9. The first kappa shape index (κ1) is 18.7. The number of ether oxygens (including phenoxy) is 1. The van der Waals surface area contributed by atoms with Gasteiger partial charge in [0, 0.05) is 5.70 Å². The van der Waals surface area contributed by atoms with Crippen molar-refractivity contribution < 1.29 is 19.0 Å². The fourth-order valence-electron chi connectivity index (χ4n) is 2.93. The lowest BCUT2D eigenvalue weighted by molar-refractivity contribution is -0.119. The number of methoxy groups -OCH3 is 1. The summed E-state index contributed by atoms with van der Waals surface area (Å²) < 4.78 is 19.0. The van der Waals surface area contributed by atoms with Gasteiger partial charge in [-0.1, -0.05) is 24.8 Å². The minimum atomic E-state index is -0.787. The van der Waals surface area contributed by atoms with E-state index in [4.69, 9.17) is 17.0 Å². The Morgan fingerprint density at radius 3 is 2.78 bits per heavy atom. The van der Waals surface area contributed by atoms with Gasteiger partial charge in [-0.25, -0.2) is 4.39 Å². The van der Waals surface area contributed by atoms with Crippen LogP contribution in [0.2, 0.25) is 0 Å². The van der Waals surface area contributed by atoms with E-state index in [1.165, 1.54) is 31.4 Å². The predicted octanol–water partition coefficient (Wildman–Crippen LogP) is 2.83. The number of hydrogen-bond donors (Lipinski definition) is 4. The zero-order valence-electron chi connectivity index (χ0n) is 14.5. The van der Waals surface area contributed by atoms with E-state index in [9.17, 15) is 14.3 Å². The van der Waals surface area contributed by atoms with E-state index in [1.807, 2.05) is 0 Å². The Balaban J connectivity index is 1.94. The molecule has 2 aromatic rings. The molecule has 6 nitrogen and oxygen atoms in total. The van der Waals surface area contributed by atoms with Crippen LogP contribution in [0.4, 0.5) is 10.1 Å². The van der Waals surface area contributed by atoms with Crippen LogP contribution in [0.5, 0.6) is 11.5 Å². The van der Waals surface area contributed by atoms with Crippen LogP contribution in [0.25, 0.3) is 0 Å². The molecular formula is C19H18FN3O3S. The monoisotopic (exact) mass is 387 g/mol. The minimum Gasteiger partial charge on any atom is -0.504 e. The average molecular weight is 387 g/mol. The van der Waals surface area contributed by atoms with E-state index in [0.29, 0.717) is 16.4 Å². The quantitative estimate of drug-likeness (QED) is 0.604. The van der Waals surface area contributed by atoms with Crippen molar-refractivity contribution in [3.05, 3.63) is 66.1 Å². The number of hydrogen-bond acceptors (Lipinski definition) is 4. The van der Waals surface area contributed by atoms with Crippen LogP contribution in [0.1, 0.15) is 11.6 Å². The highest BCUT2D eigenvalue weighted by Gasteiger charge is 2.37. The molecule has 0 saturated carbocycles. The number of halogens is 1. The summed E-state index contributed by atoms with van der Waals surface area (Å²) >= 11 is 5.18. The van der Waals surface area contributed by atoms with Crippen LogP contribution in [0, 0.1) is 11.7 Å². The van der Waals surface area contributed by atoms with Gasteiger partial charge >= 0.3 is 0 Å². The second-order valence-corrected chi connectivity index (χ2v) is 6.39. The van der Waals surface area contributed by atoms with E-state index >= 15 is 0 Å². The summed E-state index contributed by atoms with van der Waals surface area (Å²) in [6, 6.07) is 10.1. The van der Waals surface area contributed by atoms with E-state index < -0.39 is 23.7 Å². The van der Waals surface area contributed by atoms with Gasteiger partial charge in [-0.2, -0.15) is 0 Å². The molecule has 2 aromatic carbocycles. The number of para-hydroxylation sites is 1. The lowest BCUT2D eigenvalue weighted by Gasteiger charge is -2.35. The molecule has 1 aliphatic rings. The Kier molecular flexibility index (Phi) is 5.27. The lowest BCUT2D eigenvalue weighted by Crippen LogP contribution is -2.51. The average Bonchev–Trinajstić information content (AvgIpc) is 2.63. The number of carbonyl (C=O) groups is 1. The van der Waals surface area contributed by atoms with Crippen molar-refractivity contribution >= 4 is 28.9 Å². The van der Waals surface area contributed by atoms with Crippen LogP contribution in [-0.2, 0) is 4.79 Å². The number of carbonyl (C=O) groups excluding carboxylic acids is 1. The Morgan fingerprint density at radius 2 is 2.07 bits per heavy atom. The number of aromatic hydroxyl groups is 1. The number of amides is 1. The highest BCUT2D eigenvalue weighted by molar-refractivity contribution is 7.80. The summed E-state index contributed by atoms with van der Waals surface area (Å²) in [7, 11) is 1.43. The molecule has 2 atom stereocenters. The molecule has 0 aromatic heterocycles. The summed E-state index contributed by atoms with van der Waals surface area (Å²) in [5.74, 6) is -1.54. The molecule has 0 unspecified atom stereocenters. The molecule has 27 heavy (non-hydrogen) atoms. The Morgan fingerprint density at radius 1 is 1.33 bits per heavy atom. The number of nitrogens with one attached hydrogen (secondary N) is 3. The molecule has 140 valence electrons. The molecule has 8 heteroatoms. The highest BCUT2D eigenvalue weighted by Crippen LogP contribution is 2.35. The maximum Gasteiger partial charge on any atom is 0.235 e. The molecule has 1 aliphatic heterocycles. The third kappa shape index (κ3) is 3.85. The molecule has 0 bridgehead atoms. The zero-order valence-corrected chi connectivity index (χ0v) is 15.3. The first-order chi connectivity index (χ1) is 12.9. The summed E-state index contributed by atoms with van der Waals surface area (Å²) in [5, 5.41) is 18.6. The summed E-state index contributed by atoms with van der Waals surface area (Å²) in [5.41, 5.74) is 1.11. The number of thiocarbonyl (C=S) groups is 1. The van der Waals surface area contributed by atoms with Crippen LogP contribution in [-0.4, -0.2) is 23.2 Å². The van der Waals surface area contributed by atoms with Gasteiger partial charge in [-0.05, 0) is 42.0 Å². The fraction of sp³-hybridized carbons (Fsp3) is 0.158. The first-order valence-corrected chi connectivity index (χ1v) is 8.50. The minimum absolute atomic E-state index is 0.0241. The molecule has 1 fully saturated rings. The van der Waals surface area contributed by atoms with Gasteiger partial charge in [-0.15, -0.1) is 0 Å². The second-order valence-electron chi connectivity index (χ2n) is 5.98. The van der Waals surface area contributed by atoms with E-state index in [0.717, 1.165) is 0 Å². The van der Waals surface area contributed by atoms with Crippen molar-refractivity contribution in [1.82, 2.24) is 10.6 Å². The van der Waals surface area contributed by atoms with E-state index in [2.05, 4.69) is 22.5 Å². The molecule has 1 amide bonds. The SMILES string of the molecule is C=C1NC(=S)N[C@@H](c2ccc(O)c(OC)c2)[C@@H]1C(=O)Nc1ccccc1F. The highest BCUT2D eigenvalue weighted by atomic mass is 32.1. The predicted molar refractivity (Wildman–Crippen MR) is 104 cm³/mol. The smallest absolute Gasteiger partial charge is 0.235 e. The van der Waals surface area contributed by atoms with E-state index in [-0.39, 0.29) is 17.2 Å². The third-order valence-electron chi connectivity index (χ3n) is 4.25. The van der Waals surface area contributed by atoms with Crippen LogP contribution < -0.4 is 20.7 Å². The van der Waals surface area contributed by atoms with Crippen molar-refractivity contribution in [2.75, 3.05) is 12.4 Å². The Hall–Kier alpha value is -3.13. The van der Waals surface area contributed by atoms with Gasteiger partial charge in [0.2, 0.25) is 5.91 Å². The van der Waals surface area contributed by atoms with Crippen molar-refractivity contribution in [2.24, 2.45) is 5.92 Å². The number of phenolic OH excluding ortho intramolecular Hbond substituents is 1. The first-order valence-electron chi connectivity index (χ1n) is 8.09. The Labute approximate surface area is 161 Å². The van der Waals surface area contributed by atoms with Crippen molar-refractivity contribution in [3.63, 3.8) is 0 Å². The lowest BCUT2D eigenvalue weighted by atomic mass is 9.88. The third-order valence-corrected chi connectivity index (χ3v) is 4.47. The molecular weight excluding hydrogens is 369 g/mol. The van der Waals surface area contributed by atoms with Crippen LogP contribution in [0.3, 0.4) is 0 Å². The van der Waals surface area contributed by atoms with Crippen molar-refractivity contribution in [3.8, 4) is 11.5 Å². The van der Waals surface area contributed by atoms with Gasteiger partial charge in [0.05, 0.1) is 18.8 Å². The number of rotatable bonds is 4. The number of benzene rings is 2. The molecule has 3 rings (SSSR count). The summed E-state index contributed by atoms with van der Waals surface area (Å²) in [4.78, 5) is 12.9. The van der Waals surface area contributed by atoms with Crippen molar-refractivity contribution in [1.29, 1.82) is 0 Å². The van der Waals surface area contributed by atoms with Crippen LogP contribution >= 0.6 is 12.2 Å². The van der Waals surface area contributed by atoms with Gasteiger partial charge < -0.3 is 25.8 Å². The van der Waals surface area contributed by atoms with Crippen LogP contribution in [0.15, 0.2) is 54.7 Å². The molecule has 4 N–H and O–H groups in total. The molecule has 0 radical (unpaired) electrons. The van der Waals surface area contributed by atoms with Gasteiger partial charge in [-0.3, -0.25) is 4.79 Å². The van der Waals surface area contributed by atoms with E-state index in [1.54, 1.807) is 18.2 Å². The molecule has 0 aliphatic carbocycles. The number of anilines is 1.